The van der Waals surface area contributed by atoms with Gasteiger partial charge >= 0.3 is 5.97 Å². The summed E-state index contributed by atoms with van der Waals surface area (Å²) < 4.78 is 6.00. The van der Waals surface area contributed by atoms with Crippen LogP contribution in [0.2, 0.25) is 0 Å². The van der Waals surface area contributed by atoms with Crippen molar-refractivity contribution in [3.05, 3.63) is 45.5 Å². The number of rotatable bonds is 5. The molecule has 4 nitrogen and oxygen atoms in total. The summed E-state index contributed by atoms with van der Waals surface area (Å²) >= 11 is 4.79. The number of halogens is 1. The van der Waals surface area contributed by atoms with Gasteiger partial charge in [-0.15, -0.1) is 11.3 Å². The van der Waals surface area contributed by atoms with Crippen molar-refractivity contribution in [2.75, 3.05) is 11.9 Å². The molecule has 0 radical (unpaired) electrons. The zero-order valence-corrected chi connectivity index (χ0v) is 12.8. The molecule has 0 saturated heterocycles. The zero-order valence-electron chi connectivity index (χ0n) is 10.4. The SMILES string of the molecule is CCOC(=O)c1ncsc1NCc1ccc(Br)cc1. The number of anilines is 1. The molecule has 0 spiro atoms. The standard InChI is InChI=1S/C13H13BrN2O2S/c1-2-18-13(17)11-12(19-8-16-11)15-7-9-3-5-10(14)6-4-9/h3-6,8,15H,2,7H2,1H3. The normalized spacial score (nSPS) is 10.2. The Morgan fingerprint density at radius 3 is 2.84 bits per heavy atom. The molecule has 6 heteroatoms. The first-order valence-electron chi connectivity index (χ1n) is 5.79. The quantitative estimate of drug-likeness (QED) is 0.843. The van der Waals surface area contributed by atoms with Gasteiger partial charge in [-0.1, -0.05) is 28.1 Å². The van der Waals surface area contributed by atoms with E-state index in [2.05, 4.69) is 26.2 Å². The Kier molecular flexibility index (Phi) is 4.93. The molecular weight excluding hydrogens is 328 g/mol. The fourth-order valence-electron chi connectivity index (χ4n) is 1.50. The molecule has 0 saturated carbocycles. The van der Waals surface area contributed by atoms with Crippen molar-refractivity contribution in [2.24, 2.45) is 0 Å². The monoisotopic (exact) mass is 340 g/mol. The van der Waals surface area contributed by atoms with E-state index in [0.29, 0.717) is 18.8 Å². The van der Waals surface area contributed by atoms with E-state index in [0.717, 1.165) is 15.0 Å². The van der Waals surface area contributed by atoms with Crippen LogP contribution in [0.4, 0.5) is 5.00 Å². The highest BCUT2D eigenvalue weighted by molar-refractivity contribution is 9.10. The summed E-state index contributed by atoms with van der Waals surface area (Å²) in [6.07, 6.45) is 0. The van der Waals surface area contributed by atoms with Gasteiger partial charge in [0.15, 0.2) is 5.69 Å². The number of nitrogens with one attached hydrogen (secondary N) is 1. The number of nitrogens with zero attached hydrogens (tertiary/aromatic N) is 1. The van der Waals surface area contributed by atoms with Crippen LogP contribution >= 0.6 is 27.3 Å². The van der Waals surface area contributed by atoms with Crippen molar-refractivity contribution < 1.29 is 9.53 Å². The molecule has 19 heavy (non-hydrogen) atoms. The van der Waals surface area contributed by atoms with E-state index >= 15 is 0 Å². The molecule has 0 bridgehead atoms. The fourth-order valence-corrected chi connectivity index (χ4v) is 2.43. The number of benzene rings is 1. The van der Waals surface area contributed by atoms with Crippen LogP contribution in [-0.4, -0.2) is 17.6 Å². The van der Waals surface area contributed by atoms with Crippen LogP contribution in [0.15, 0.2) is 34.2 Å². The Morgan fingerprint density at radius 2 is 2.16 bits per heavy atom. The second kappa shape index (κ2) is 6.68. The van der Waals surface area contributed by atoms with E-state index in [1.54, 1.807) is 12.4 Å². The molecule has 1 aromatic heterocycles. The molecule has 0 amide bonds. The van der Waals surface area contributed by atoms with Crippen molar-refractivity contribution in [1.82, 2.24) is 4.98 Å². The molecule has 0 aliphatic rings. The number of ether oxygens (including phenoxy) is 1. The van der Waals surface area contributed by atoms with E-state index in [9.17, 15) is 4.79 Å². The molecule has 0 atom stereocenters. The van der Waals surface area contributed by atoms with Gasteiger partial charge in [-0.2, -0.15) is 0 Å². The molecule has 1 N–H and O–H groups in total. The first-order valence-corrected chi connectivity index (χ1v) is 7.47. The lowest BCUT2D eigenvalue weighted by Gasteiger charge is -2.06. The molecule has 0 aliphatic heterocycles. The summed E-state index contributed by atoms with van der Waals surface area (Å²) in [7, 11) is 0. The third-order valence-electron chi connectivity index (χ3n) is 2.40. The summed E-state index contributed by atoms with van der Waals surface area (Å²) in [5.41, 5.74) is 3.12. The minimum absolute atomic E-state index is 0.350. The lowest BCUT2D eigenvalue weighted by atomic mass is 10.2. The molecule has 1 heterocycles. The van der Waals surface area contributed by atoms with Gasteiger partial charge in [-0.25, -0.2) is 9.78 Å². The highest BCUT2D eigenvalue weighted by Crippen LogP contribution is 2.22. The second-order valence-corrected chi connectivity index (χ2v) is 5.50. The van der Waals surface area contributed by atoms with Crippen LogP contribution in [0.3, 0.4) is 0 Å². The maximum atomic E-state index is 11.7. The Hall–Kier alpha value is -1.40. The molecule has 0 aliphatic carbocycles. The minimum atomic E-state index is -0.387. The number of carbonyl (C=O) groups is 1. The molecule has 2 aromatic rings. The molecule has 2 rings (SSSR count). The summed E-state index contributed by atoms with van der Waals surface area (Å²) in [4.78, 5) is 15.7. The number of aromatic nitrogens is 1. The largest absolute Gasteiger partial charge is 0.461 e. The predicted octanol–water partition coefficient (Wildman–Crippen LogP) is 3.69. The van der Waals surface area contributed by atoms with Crippen LogP contribution in [0.25, 0.3) is 0 Å². The van der Waals surface area contributed by atoms with E-state index in [1.165, 1.54) is 11.3 Å². The van der Waals surface area contributed by atoms with Crippen LogP contribution in [0.5, 0.6) is 0 Å². The van der Waals surface area contributed by atoms with Gasteiger partial charge in [0.1, 0.15) is 5.00 Å². The van der Waals surface area contributed by atoms with E-state index in [4.69, 9.17) is 4.74 Å². The topological polar surface area (TPSA) is 51.2 Å². The minimum Gasteiger partial charge on any atom is -0.461 e. The van der Waals surface area contributed by atoms with Gasteiger partial charge in [0, 0.05) is 11.0 Å². The van der Waals surface area contributed by atoms with Gasteiger partial charge in [0.2, 0.25) is 0 Å². The van der Waals surface area contributed by atoms with Crippen molar-refractivity contribution in [2.45, 2.75) is 13.5 Å². The molecule has 100 valence electrons. The maximum absolute atomic E-state index is 11.7. The third kappa shape index (κ3) is 3.78. The molecule has 0 unspecified atom stereocenters. The highest BCUT2D eigenvalue weighted by atomic mass is 79.9. The van der Waals surface area contributed by atoms with Crippen molar-refractivity contribution >= 4 is 38.2 Å². The van der Waals surface area contributed by atoms with E-state index in [1.807, 2.05) is 24.3 Å². The summed E-state index contributed by atoms with van der Waals surface area (Å²) in [5.74, 6) is -0.387. The Labute approximate surface area is 124 Å². The van der Waals surface area contributed by atoms with E-state index in [-0.39, 0.29) is 5.97 Å². The maximum Gasteiger partial charge on any atom is 0.360 e. The van der Waals surface area contributed by atoms with Crippen LogP contribution in [-0.2, 0) is 11.3 Å². The third-order valence-corrected chi connectivity index (χ3v) is 3.72. The highest BCUT2D eigenvalue weighted by Gasteiger charge is 2.15. The van der Waals surface area contributed by atoms with Crippen LogP contribution < -0.4 is 5.32 Å². The number of thiazole rings is 1. The number of hydrogen-bond acceptors (Lipinski definition) is 5. The average Bonchev–Trinajstić information content (AvgIpc) is 2.87. The first kappa shape index (κ1) is 14.0. The average molecular weight is 341 g/mol. The summed E-state index contributed by atoms with van der Waals surface area (Å²) in [5, 5.41) is 3.95. The van der Waals surface area contributed by atoms with Gasteiger partial charge in [0.25, 0.3) is 0 Å². The van der Waals surface area contributed by atoms with Gasteiger partial charge in [-0.05, 0) is 24.6 Å². The number of esters is 1. The zero-order chi connectivity index (χ0) is 13.7. The smallest absolute Gasteiger partial charge is 0.360 e. The van der Waals surface area contributed by atoms with Crippen molar-refractivity contribution in [3.63, 3.8) is 0 Å². The van der Waals surface area contributed by atoms with Crippen molar-refractivity contribution in [3.8, 4) is 0 Å². The Balaban J connectivity index is 2.02. The van der Waals surface area contributed by atoms with E-state index < -0.39 is 0 Å². The van der Waals surface area contributed by atoms with Crippen molar-refractivity contribution in [1.29, 1.82) is 0 Å². The first-order chi connectivity index (χ1) is 9.20. The van der Waals surface area contributed by atoms with Crippen LogP contribution in [0, 0.1) is 0 Å². The second-order valence-electron chi connectivity index (χ2n) is 3.73. The number of hydrogen-bond donors (Lipinski definition) is 1. The lowest BCUT2D eigenvalue weighted by molar-refractivity contribution is 0.0521. The predicted molar refractivity (Wildman–Crippen MR) is 79.5 cm³/mol. The van der Waals surface area contributed by atoms with Gasteiger partial charge < -0.3 is 10.1 Å². The molecule has 1 aromatic carbocycles. The summed E-state index contributed by atoms with van der Waals surface area (Å²) in [6.45, 7) is 2.77. The lowest BCUT2D eigenvalue weighted by Crippen LogP contribution is -2.09. The Bertz CT molecular complexity index is 554. The fraction of sp³-hybridized carbons (Fsp3) is 0.231. The molecular formula is C13H13BrN2O2S. The summed E-state index contributed by atoms with van der Waals surface area (Å²) in [6, 6.07) is 8.00. The van der Waals surface area contributed by atoms with Gasteiger partial charge in [0.05, 0.1) is 12.1 Å². The van der Waals surface area contributed by atoms with Gasteiger partial charge in [-0.3, -0.25) is 0 Å². The van der Waals surface area contributed by atoms with Crippen LogP contribution in [0.1, 0.15) is 23.0 Å². The number of carbonyl (C=O) groups excluding carboxylic acids is 1. The Morgan fingerprint density at radius 1 is 1.42 bits per heavy atom. The molecule has 0 fully saturated rings.